The standard InChI is InChI=1S/C10H19N3O2S2/c1-2-4-11-5-3-8-17(14,15)13-9-10-12-6-7-16-10/h6-7,11,13H,2-5,8-9H2,1H3. The third-order valence-electron chi connectivity index (χ3n) is 2.12. The lowest BCUT2D eigenvalue weighted by molar-refractivity contribution is 0.574. The van der Waals surface area contributed by atoms with E-state index in [9.17, 15) is 8.42 Å². The van der Waals surface area contributed by atoms with E-state index in [0.717, 1.165) is 24.5 Å². The molecule has 1 heterocycles. The van der Waals surface area contributed by atoms with E-state index in [1.807, 2.05) is 5.38 Å². The topological polar surface area (TPSA) is 71.1 Å². The van der Waals surface area contributed by atoms with Crippen LogP contribution in [0.3, 0.4) is 0 Å². The largest absolute Gasteiger partial charge is 0.317 e. The molecule has 0 spiro atoms. The molecule has 0 unspecified atom stereocenters. The van der Waals surface area contributed by atoms with Crippen LogP contribution in [0.4, 0.5) is 0 Å². The molecule has 0 fully saturated rings. The monoisotopic (exact) mass is 277 g/mol. The fourth-order valence-electron chi connectivity index (χ4n) is 1.27. The second-order valence-corrected chi connectivity index (χ2v) is 6.57. The van der Waals surface area contributed by atoms with Gasteiger partial charge in [-0.3, -0.25) is 0 Å². The lowest BCUT2D eigenvalue weighted by atomic mass is 10.4. The van der Waals surface area contributed by atoms with Crippen molar-refractivity contribution in [2.24, 2.45) is 0 Å². The Morgan fingerprint density at radius 1 is 1.41 bits per heavy atom. The van der Waals surface area contributed by atoms with Gasteiger partial charge in [0.2, 0.25) is 10.0 Å². The number of rotatable bonds is 9. The van der Waals surface area contributed by atoms with Crippen LogP contribution < -0.4 is 10.0 Å². The zero-order chi connectivity index (χ0) is 12.6. The average molecular weight is 277 g/mol. The van der Waals surface area contributed by atoms with Gasteiger partial charge in [0.1, 0.15) is 5.01 Å². The van der Waals surface area contributed by atoms with Crippen molar-refractivity contribution in [3.63, 3.8) is 0 Å². The van der Waals surface area contributed by atoms with E-state index in [1.54, 1.807) is 6.20 Å². The predicted molar refractivity (Wildman–Crippen MR) is 70.5 cm³/mol. The molecular weight excluding hydrogens is 258 g/mol. The molecule has 1 aromatic rings. The minimum Gasteiger partial charge on any atom is -0.317 e. The molecule has 0 radical (unpaired) electrons. The van der Waals surface area contributed by atoms with Gasteiger partial charge in [-0.2, -0.15) is 0 Å². The maximum atomic E-state index is 11.6. The Bertz CT molecular complexity index is 390. The van der Waals surface area contributed by atoms with Crippen molar-refractivity contribution in [2.75, 3.05) is 18.8 Å². The molecule has 0 saturated carbocycles. The third kappa shape index (κ3) is 6.72. The van der Waals surface area contributed by atoms with Crippen LogP contribution in [-0.2, 0) is 16.6 Å². The molecule has 1 aromatic heterocycles. The number of nitrogens with one attached hydrogen (secondary N) is 2. The highest BCUT2D eigenvalue weighted by Crippen LogP contribution is 2.03. The normalized spacial score (nSPS) is 11.8. The summed E-state index contributed by atoms with van der Waals surface area (Å²) in [5, 5.41) is 5.80. The van der Waals surface area contributed by atoms with Gasteiger partial charge >= 0.3 is 0 Å². The van der Waals surface area contributed by atoms with Crippen molar-refractivity contribution in [3.05, 3.63) is 16.6 Å². The highest BCUT2D eigenvalue weighted by molar-refractivity contribution is 7.89. The molecule has 0 saturated heterocycles. The number of thiazole rings is 1. The van der Waals surface area contributed by atoms with Crippen molar-refractivity contribution in [2.45, 2.75) is 26.3 Å². The van der Waals surface area contributed by atoms with Gasteiger partial charge in [-0.25, -0.2) is 18.1 Å². The summed E-state index contributed by atoms with van der Waals surface area (Å²) in [6, 6.07) is 0. The van der Waals surface area contributed by atoms with Crippen LogP contribution in [-0.4, -0.2) is 32.2 Å². The predicted octanol–water partition coefficient (Wildman–Crippen LogP) is 0.952. The molecule has 98 valence electrons. The van der Waals surface area contributed by atoms with E-state index in [0.29, 0.717) is 13.0 Å². The highest BCUT2D eigenvalue weighted by Gasteiger charge is 2.09. The number of hydrogen-bond acceptors (Lipinski definition) is 5. The third-order valence-corrected chi connectivity index (χ3v) is 4.31. The summed E-state index contributed by atoms with van der Waals surface area (Å²) in [7, 11) is -3.17. The summed E-state index contributed by atoms with van der Waals surface area (Å²) in [6.45, 7) is 4.06. The Balaban J connectivity index is 2.17. The first-order valence-corrected chi connectivity index (χ1v) is 8.23. The summed E-state index contributed by atoms with van der Waals surface area (Å²) < 4.78 is 25.7. The second kappa shape index (κ2) is 7.75. The second-order valence-electron chi connectivity index (χ2n) is 3.67. The minimum absolute atomic E-state index is 0.162. The van der Waals surface area contributed by atoms with Gasteiger partial charge in [0.05, 0.1) is 12.3 Å². The van der Waals surface area contributed by atoms with E-state index in [4.69, 9.17) is 0 Å². The Kier molecular flexibility index (Phi) is 6.64. The molecule has 7 heteroatoms. The van der Waals surface area contributed by atoms with Crippen molar-refractivity contribution in [1.82, 2.24) is 15.0 Å². The van der Waals surface area contributed by atoms with Crippen LogP contribution in [0.1, 0.15) is 24.8 Å². The highest BCUT2D eigenvalue weighted by atomic mass is 32.2. The molecule has 0 aliphatic rings. The Labute approximate surface area is 107 Å². The quantitative estimate of drug-likeness (QED) is 0.659. The maximum Gasteiger partial charge on any atom is 0.212 e. The molecule has 5 nitrogen and oxygen atoms in total. The van der Waals surface area contributed by atoms with Crippen LogP contribution in [0.15, 0.2) is 11.6 Å². The first-order valence-electron chi connectivity index (χ1n) is 5.70. The number of aromatic nitrogens is 1. The van der Waals surface area contributed by atoms with E-state index in [-0.39, 0.29) is 5.75 Å². The van der Waals surface area contributed by atoms with Gasteiger partial charge in [0.25, 0.3) is 0 Å². The Hall–Kier alpha value is -0.500. The van der Waals surface area contributed by atoms with Crippen molar-refractivity contribution in [3.8, 4) is 0 Å². The van der Waals surface area contributed by atoms with Crippen LogP contribution in [0.5, 0.6) is 0 Å². The number of hydrogen-bond donors (Lipinski definition) is 2. The SMILES string of the molecule is CCCNCCCS(=O)(=O)NCc1nccs1. The smallest absolute Gasteiger partial charge is 0.212 e. The van der Waals surface area contributed by atoms with Crippen LogP contribution in [0, 0.1) is 0 Å². The molecule has 17 heavy (non-hydrogen) atoms. The summed E-state index contributed by atoms with van der Waals surface area (Å²) in [5.41, 5.74) is 0. The van der Waals surface area contributed by atoms with Gasteiger partial charge in [-0.05, 0) is 25.9 Å². The minimum atomic E-state index is -3.17. The molecule has 0 aliphatic carbocycles. The molecular formula is C10H19N3O2S2. The first kappa shape index (κ1) is 14.6. The average Bonchev–Trinajstić information content (AvgIpc) is 2.79. The van der Waals surface area contributed by atoms with Gasteiger partial charge in [0, 0.05) is 11.6 Å². The fraction of sp³-hybridized carbons (Fsp3) is 0.700. The Morgan fingerprint density at radius 3 is 2.88 bits per heavy atom. The summed E-state index contributed by atoms with van der Waals surface area (Å²) in [6.07, 6.45) is 3.37. The molecule has 0 aromatic carbocycles. The zero-order valence-electron chi connectivity index (χ0n) is 9.98. The van der Waals surface area contributed by atoms with Gasteiger partial charge in [0.15, 0.2) is 0 Å². The number of nitrogens with zero attached hydrogens (tertiary/aromatic N) is 1. The zero-order valence-corrected chi connectivity index (χ0v) is 11.6. The molecule has 0 aliphatic heterocycles. The molecule has 0 bridgehead atoms. The van der Waals surface area contributed by atoms with E-state index in [2.05, 4.69) is 21.9 Å². The summed E-state index contributed by atoms with van der Waals surface area (Å²) >= 11 is 1.45. The van der Waals surface area contributed by atoms with Crippen molar-refractivity contribution in [1.29, 1.82) is 0 Å². The lowest BCUT2D eigenvalue weighted by Crippen LogP contribution is -2.28. The van der Waals surface area contributed by atoms with Gasteiger partial charge in [-0.15, -0.1) is 11.3 Å². The fourth-order valence-corrected chi connectivity index (χ4v) is 2.95. The van der Waals surface area contributed by atoms with E-state index in [1.165, 1.54) is 11.3 Å². The lowest BCUT2D eigenvalue weighted by Gasteiger charge is -2.05. The molecule has 0 amide bonds. The molecule has 0 atom stereocenters. The summed E-state index contributed by atoms with van der Waals surface area (Å²) in [4.78, 5) is 4.02. The van der Waals surface area contributed by atoms with Crippen molar-refractivity contribution < 1.29 is 8.42 Å². The van der Waals surface area contributed by atoms with Crippen molar-refractivity contribution >= 4 is 21.4 Å². The van der Waals surface area contributed by atoms with E-state index < -0.39 is 10.0 Å². The molecule has 1 rings (SSSR count). The summed E-state index contributed by atoms with van der Waals surface area (Å²) in [5.74, 6) is 0.162. The van der Waals surface area contributed by atoms with Gasteiger partial charge in [-0.1, -0.05) is 6.92 Å². The van der Waals surface area contributed by atoms with Gasteiger partial charge < -0.3 is 5.32 Å². The number of sulfonamides is 1. The molecule has 2 N–H and O–H groups in total. The Morgan fingerprint density at radius 2 is 2.24 bits per heavy atom. The van der Waals surface area contributed by atoms with Crippen LogP contribution >= 0.6 is 11.3 Å². The van der Waals surface area contributed by atoms with Crippen LogP contribution in [0.25, 0.3) is 0 Å². The van der Waals surface area contributed by atoms with Crippen LogP contribution in [0.2, 0.25) is 0 Å². The van der Waals surface area contributed by atoms with E-state index >= 15 is 0 Å². The maximum absolute atomic E-state index is 11.6. The first-order chi connectivity index (χ1) is 8.14.